The van der Waals surface area contributed by atoms with E-state index in [-0.39, 0.29) is 6.10 Å². The van der Waals surface area contributed by atoms with Crippen molar-refractivity contribution >= 4 is 0 Å². The van der Waals surface area contributed by atoms with Crippen molar-refractivity contribution in [2.75, 3.05) is 13.1 Å². The molecule has 70 valence electrons. The van der Waals surface area contributed by atoms with E-state index in [2.05, 4.69) is 11.8 Å². The zero-order valence-corrected chi connectivity index (χ0v) is 7.87. The van der Waals surface area contributed by atoms with Crippen LogP contribution in [-0.4, -0.2) is 35.2 Å². The lowest BCUT2D eigenvalue weighted by Gasteiger charge is -2.30. The summed E-state index contributed by atoms with van der Waals surface area (Å²) in [5.41, 5.74) is 0. The van der Waals surface area contributed by atoms with Gasteiger partial charge in [-0.3, -0.25) is 4.90 Å². The monoisotopic (exact) mass is 169 g/mol. The highest BCUT2D eigenvalue weighted by Gasteiger charge is 2.32. The van der Waals surface area contributed by atoms with Crippen molar-refractivity contribution in [1.82, 2.24) is 4.90 Å². The second-order valence-corrected chi connectivity index (χ2v) is 4.35. The first-order valence-corrected chi connectivity index (χ1v) is 5.19. The van der Waals surface area contributed by atoms with Crippen LogP contribution in [0.3, 0.4) is 0 Å². The van der Waals surface area contributed by atoms with Crippen LogP contribution in [0.15, 0.2) is 0 Å². The molecule has 0 aromatic heterocycles. The third-order valence-electron chi connectivity index (χ3n) is 3.48. The first-order valence-electron chi connectivity index (χ1n) is 5.19. The molecule has 2 nitrogen and oxygen atoms in total. The lowest BCUT2D eigenvalue weighted by molar-refractivity contribution is 0.0916. The predicted molar refractivity (Wildman–Crippen MR) is 49.0 cm³/mol. The summed E-state index contributed by atoms with van der Waals surface area (Å²) in [7, 11) is 0. The molecular formula is C10H19NO. The summed E-state index contributed by atoms with van der Waals surface area (Å²) >= 11 is 0. The molecule has 2 fully saturated rings. The van der Waals surface area contributed by atoms with Gasteiger partial charge in [-0.05, 0) is 38.5 Å². The third-order valence-corrected chi connectivity index (χ3v) is 3.48. The molecule has 2 aliphatic rings. The molecule has 2 rings (SSSR count). The normalized spacial score (nSPS) is 39.5. The molecule has 0 radical (unpaired) electrons. The summed E-state index contributed by atoms with van der Waals surface area (Å²) in [5, 5.41) is 9.35. The van der Waals surface area contributed by atoms with Crippen LogP contribution in [0.25, 0.3) is 0 Å². The van der Waals surface area contributed by atoms with Crippen LogP contribution < -0.4 is 0 Å². The zero-order valence-electron chi connectivity index (χ0n) is 7.87. The van der Waals surface area contributed by atoms with Crippen molar-refractivity contribution in [1.29, 1.82) is 0 Å². The minimum Gasteiger partial charge on any atom is -0.393 e. The van der Waals surface area contributed by atoms with Gasteiger partial charge in [0.15, 0.2) is 0 Å². The van der Waals surface area contributed by atoms with Gasteiger partial charge >= 0.3 is 0 Å². The molecule has 12 heavy (non-hydrogen) atoms. The molecule has 1 heterocycles. The fourth-order valence-corrected chi connectivity index (χ4v) is 2.35. The molecule has 0 bridgehead atoms. The minimum atomic E-state index is 0.00246. The van der Waals surface area contributed by atoms with Crippen molar-refractivity contribution in [3.63, 3.8) is 0 Å². The Kier molecular flexibility index (Phi) is 2.37. The Labute approximate surface area is 74.6 Å². The second-order valence-electron chi connectivity index (χ2n) is 4.35. The fraction of sp³-hybridized carbons (Fsp3) is 1.00. The van der Waals surface area contributed by atoms with Gasteiger partial charge in [0, 0.05) is 19.1 Å². The van der Waals surface area contributed by atoms with Gasteiger partial charge in [-0.1, -0.05) is 0 Å². The van der Waals surface area contributed by atoms with Crippen molar-refractivity contribution < 1.29 is 5.11 Å². The van der Waals surface area contributed by atoms with Crippen molar-refractivity contribution in [2.45, 2.75) is 44.8 Å². The van der Waals surface area contributed by atoms with Gasteiger partial charge in [0.2, 0.25) is 0 Å². The van der Waals surface area contributed by atoms with Crippen LogP contribution in [-0.2, 0) is 0 Å². The molecule has 0 amide bonds. The topological polar surface area (TPSA) is 23.2 Å². The summed E-state index contributed by atoms with van der Waals surface area (Å²) in [4.78, 5) is 2.53. The van der Waals surface area contributed by atoms with E-state index in [1.807, 2.05) is 0 Å². The number of nitrogens with zero attached hydrogens (tertiary/aromatic N) is 1. The molecule has 1 saturated heterocycles. The molecule has 1 N–H and O–H groups in total. The Bertz CT molecular complexity index is 148. The summed E-state index contributed by atoms with van der Waals surface area (Å²) in [6, 6.07) is 0.775. The SMILES string of the molecule is CC(C1CCC(O)CC1)N1CC1. The molecule has 1 saturated carbocycles. The third kappa shape index (κ3) is 1.80. The Morgan fingerprint density at radius 3 is 2.25 bits per heavy atom. The van der Waals surface area contributed by atoms with Crippen LogP contribution in [0.4, 0.5) is 0 Å². The van der Waals surface area contributed by atoms with Crippen molar-refractivity contribution in [3.05, 3.63) is 0 Å². The van der Waals surface area contributed by atoms with Crippen LogP contribution in [0.1, 0.15) is 32.6 Å². The number of aliphatic hydroxyl groups excluding tert-OH is 1. The lowest BCUT2D eigenvalue weighted by atomic mass is 9.83. The summed E-state index contributed by atoms with van der Waals surface area (Å²) < 4.78 is 0. The highest BCUT2D eigenvalue weighted by Crippen LogP contribution is 2.31. The summed E-state index contributed by atoms with van der Waals surface area (Å²) in [6.45, 7) is 4.95. The van der Waals surface area contributed by atoms with E-state index in [4.69, 9.17) is 0 Å². The average Bonchev–Trinajstić information content (AvgIpc) is 2.87. The number of hydrogen-bond donors (Lipinski definition) is 1. The van der Waals surface area contributed by atoms with Gasteiger partial charge in [0.05, 0.1) is 6.10 Å². The van der Waals surface area contributed by atoms with E-state index in [9.17, 15) is 5.11 Å². The summed E-state index contributed by atoms with van der Waals surface area (Å²) in [5.74, 6) is 0.857. The molecule has 0 aromatic carbocycles. The predicted octanol–water partition coefficient (Wildman–Crippen LogP) is 1.24. The van der Waals surface area contributed by atoms with Crippen LogP contribution in [0.2, 0.25) is 0 Å². The average molecular weight is 169 g/mol. The van der Waals surface area contributed by atoms with Crippen molar-refractivity contribution in [2.24, 2.45) is 5.92 Å². The van der Waals surface area contributed by atoms with E-state index in [1.165, 1.54) is 25.9 Å². The molecule has 1 aliphatic carbocycles. The van der Waals surface area contributed by atoms with Gasteiger partial charge in [-0.15, -0.1) is 0 Å². The highest BCUT2D eigenvalue weighted by atomic mass is 16.3. The smallest absolute Gasteiger partial charge is 0.0540 e. The standard InChI is InChI=1S/C10H19NO/c1-8(11-6-7-11)9-2-4-10(12)5-3-9/h8-10,12H,2-7H2,1H3. The maximum atomic E-state index is 9.35. The van der Waals surface area contributed by atoms with Crippen LogP contribution in [0.5, 0.6) is 0 Å². The minimum absolute atomic E-state index is 0.00246. The molecule has 1 aliphatic heterocycles. The van der Waals surface area contributed by atoms with Gasteiger partial charge in [0.25, 0.3) is 0 Å². The van der Waals surface area contributed by atoms with Crippen molar-refractivity contribution in [3.8, 4) is 0 Å². The Balaban J connectivity index is 1.80. The molecule has 1 unspecified atom stereocenters. The number of hydrogen-bond acceptors (Lipinski definition) is 2. The number of rotatable bonds is 2. The maximum absolute atomic E-state index is 9.35. The van der Waals surface area contributed by atoms with Gasteiger partial charge < -0.3 is 5.11 Å². The Hall–Kier alpha value is -0.0800. The fourth-order valence-electron chi connectivity index (χ4n) is 2.35. The second kappa shape index (κ2) is 3.35. The quantitative estimate of drug-likeness (QED) is 0.629. The maximum Gasteiger partial charge on any atom is 0.0540 e. The molecular weight excluding hydrogens is 150 g/mol. The molecule has 0 aromatic rings. The molecule has 2 heteroatoms. The van der Waals surface area contributed by atoms with E-state index in [1.54, 1.807) is 0 Å². The largest absolute Gasteiger partial charge is 0.393 e. The zero-order chi connectivity index (χ0) is 8.55. The first-order chi connectivity index (χ1) is 5.77. The van der Waals surface area contributed by atoms with E-state index >= 15 is 0 Å². The van der Waals surface area contributed by atoms with E-state index in [0.717, 1.165) is 24.8 Å². The highest BCUT2D eigenvalue weighted by molar-refractivity contribution is 4.86. The molecule has 1 atom stereocenters. The number of aliphatic hydroxyl groups is 1. The Morgan fingerprint density at radius 2 is 1.75 bits per heavy atom. The van der Waals surface area contributed by atoms with E-state index < -0.39 is 0 Å². The van der Waals surface area contributed by atoms with Gasteiger partial charge in [-0.2, -0.15) is 0 Å². The van der Waals surface area contributed by atoms with Gasteiger partial charge in [-0.25, -0.2) is 0 Å². The van der Waals surface area contributed by atoms with E-state index in [0.29, 0.717) is 0 Å². The van der Waals surface area contributed by atoms with Crippen LogP contribution in [0, 0.1) is 5.92 Å². The summed E-state index contributed by atoms with van der Waals surface area (Å²) in [6.07, 6.45) is 4.53. The van der Waals surface area contributed by atoms with Crippen LogP contribution >= 0.6 is 0 Å². The lowest BCUT2D eigenvalue weighted by Crippen LogP contribution is -2.30. The first kappa shape index (κ1) is 8.52. The van der Waals surface area contributed by atoms with Gasteiger partial charge in [0.1, 0.15) is 0 Å². The Morgan fingerprint density at radius 1 is 1.17 bits per heavy atom. The molecule has 0 spiro atoms.